The van der Waals surface area contributed by atoms with Gasteiger partial charge in [-0.2, -0.15) is 0 Å². The Hall–Kier alpha value is -0.650. The number of carbonyl (C=O) groups is 1. The molecule has 2 rings (SSSR count). The number of nitrogens with zero attached hydrogens (tertiary/aromatic N) is 1. The molecular formula is C14H25NO4. The van der Waals surface area contributed by atoms with Gasteiger partial charge in [0.15, 0.2) is 6.29 Å². The summed E-state index contributed by atoms with van der Waals surface area (Å²) in [6.45, 7) is 6.12. The second-order valence-corrected chi connectivity index (χ2v) is 5.66. The second kappa shape index (κ2) is 6.68. The number of likely N-dealkylation sites (tertiary alicyclic amines) is 1. The van der Waals surface area contributed by atoms with Crippen LogP contribution < -0.4 is 0 Å². The lowest BCUT2D eigenvalue weighted by atomic mass is 10.1. The molecule has 0 saturated carbocycles. The Kier molecular flexibility index (Phi) is 5.19. The zero-order valence-electron chi connectivity index (χ0n) is 12.1. The summed E-state index contributed by atoms with van der Waals surface area (Å²) in [4.78, 5) is 13.7. The zero-order chi connectivity index (χ0) is 13.8. The summed E-state index contributed by atoms with van der Waals surface area (Å²) < 4.78 is 16.1. The molecule has 2 heterocycles. The molecule has 0 aromatic rings. The maximum absolute atomic E-state index is 11.2. The van der Waals surface area contributed by atoms with Crippen LogP contribution in [-0.2, 0) is 19.0 Å². The lowest BCUT2D eigenvalue weighted by molar-refractivity contribution is -0.144. The molecule has 0 spiro atoms. The highest BCUT2D eigenvalue weighted by atomic mass is 16.7. The average molecular weight is 271 g/mol. The van der Waals surface area contributed by atoms with Gasteiger partial charge in [0.1, 0.15) is 0 Å². The highest BCUT2D eigenvalue weighted by molar-refractivity contribution is 5.69. The van der Waals surface area contributed by atoms with E-state index in [1.807, 2.05) is 0 Å². The van der Waals surface area contributed by atoms with Crippen LogP contribution in [0.4, 0.5) is 0 Å². The SMILES string of the molecule is COC(=O)CC1COC(CC2CCCN2C(C)C)O1. The van der Waals surface area contributed by atoms with Crippen molar-refractivity contribution in [3.05, 3.63) is 0 Å². The third kappa shape index (κ3) is 3.91. The molecule has 2 saturated heterocycles. The molecule has 0 aromatic carbocycles. The quantitative estimate of drug-likeness (QED) is 0.710. The first-order valence-electron chi connectivity index (χ1n) is 7.19. The normalized spacial score (nSPS) is 32.1. The molecule has 5 nitrogen and oxygen atoms in total. The molecule has 2 fully saturated rings. The molecule has 0 N–H and O–H groups in total. The van der Waals surface area contributed by atoms with Crippen LogP contribution in [0.3, 0.4) is 0 Å². The Balaban J connectivity index is 1.77. The van der Waals surface area contributed by atoms with E-state index in [2.05, 4.69) is 23.5 Å². The van der Waals surface area contributed by atoms with Crippen molar-refractivity contribution in [3.8, 4) is 0 Å². The van der Waals surface area contributed by atoms with Gasteiger partial charge in [-0.3, -0.25) is 9.69 Å². The van der Waals surface area contributed by atoms with E-state index < -0.39 is 0 Å². The summed E-state index contributed by atoms with van der Waals surface area (Å²) in [6.07, 6.45) is 3.33. The third-order valence-corrected chi connectivity index (χ3v) is 3.98. The molecule has 0 aliphatic carbocycles. The Morgan fingerprint density at radius 3 is 2.95 bits per heavy atom. The molecule has 2 aliphatic rings. The molecule has 0 radical (unpaired) electrons. The van der Waals surface area contributed by atoms with Gasteiger partial charge in [0.25, 0.3) is 0 Å². The van der Waals surface area contributed by atoms with E-state index in [1.165, 1.54) is 26.5 Å². The van der Waals surface area contributed by atoms with Crippen LogP contribution in [0, 0.1) is 0 Å². The summed E-state index contributed by atoms with van der Waals surface area (Å²) in [7, 11) is 1.40. The topological polar surface area (TPSA) is 48.0 Å². The first-order chi connectivity index (χ1) is 9.10. The van der Waals surface area contributed by atoms with Crippen molar-refractivity contribution < 1.29 is 19.0 Å². The molecule has 0 aromatic heterocycles. The number of esters is 1. The molecule has 2 aliphatic heterocycles. The van der Waals surface area contributed by atoms with Gasteiger partial charge in [-0.15, -0.1) is 0 Å². The molecule has 0 bridgehead atoms. The van der Waals surface area contributed by atoms with Crippen molar-refractivity contribution in [2.24, 2.45) is 0 Å². The fourth-order valence-electron chi connectivity index (χ4n) is 3.02. The largest absolute Gasteiger partial charge is 0.469 e. The van der Waals surface area contributed by atoms with E-state index in [9.17, 15) is 4.79 Å². The van der Waals surface area contributed by atoms with Crippen LogP contribution >= 0.6 is 0 Å². The fraction of sp³-hybridized carbons (Fsp3) is 0.929. The molecule has 3 unspecified atom stereocenters. The van der Waals surface area contributed by atoms with Crippen LogP contribution in [0.15, 0.2) is 0 Å². The van der Waals surface area contributed by atoms with E-state index in [0.29, 0.717) is 18.7 Å². The van der Waals surface area contributed by atoms with Crippen molar-refractivity contribution >= 4 is 5.97 Å². The van der Waals surface area contributed by atoms with Gasteiger partial charge in [0.05, 0.1) is 26.2 Å². The lowest BCUT2D eigenvalue weighted by Gasteiger charge is -2.29. The number of hydrogen-bond donors (Lipinski definition) is 0. The van der Waals surface area contributed by atoms with Crippen molar-refractivity contribution in [1.29, 1.82) is 0 Å². The number of methoxy groups -OCH3 is 1. The third-order valence-electron chi connectivity index (χ3n) is 3.98. The van der Waals surface area contributed by atoms with Gasteiger partial charge in [-0.05, 0) is 33.2 Å². The molecule has 110 valence electrons. The first kappa shape index (κ1) is 14.8. The minimum Gasteiger partial charge on any atom is -0.469 e. The van der Waals surface area contributed by atoms with E-state index in [1.54, 1.807) is 0 Å². The van der Waals surface area contributed by atoms with Crippen LogP contribution in [-0.4, -0.2) is 55.6 Å². The molecule has 5 heteroatoms. The maximum atomic E-state index is 11.2. The van der Waals surface area contributed by atoms with Gasteiger partial charge in [-0.25, -0.2) is 0 Å². The number of hydrogen-bond acceptors (Lipinski definition) is 5. The zero-order valence-corrected chi connectivity index (χ0v) is 12.1. The minimum absolute atomic E-state index is 0.147. The smallest absolute Gasteiger partial charge is 0.308 e. The Morgan fingerprint density at radius 2 is 2.26 bits per heavy atom. The Labute approximate surface area is 115 Å². The summed E-state index contributed by atoms with van der Waals surface area (Å²) in [5, 5.41) is 0. The van der Waals surface area contributed by atoms with Crippen molar-refractivity contribution in [2.75, 3.05) is 20.3 Å². The van der Waals surface area contributed by atoms with Gasteiger partial charge < -0.3 is 14.2 Å². The van der Waals surface area contributed by atoms with Crippen molar-refractivity contribution in [1.82, 2.24) is 4.90 Å². The van der Waals surface area contributed by atoms with Gasteiger partial charge in [0, 0.05) is 18.5 Å². The van der Waals surface area contributed by atoms with Crippen LogP contribution in [0.1, 0.15) is 39.5 Å². The van der Waals surface area contributed by atoms with E-state index in [4.69, 9.17) is 9.47 Å². The average Bonchev–Trinajstić information content (AvgIpc) is 2.99. The van der Waals surface area contributed by atoms with Crippen LogP contribution in [0.2, 0.25) is 0 Å². The van der Waals surface area contributed by atoms with Gasteiger partial charge >= 0.3 is 5.97 Å². The van der Waals surface area contributed by atoms with Crippen LogP contribution in [0.5, 0.6) is 0 Å². The fourth-order valence-corrected chi connectivity index (χ4v) is 3.02. The molecule has 19 heavy (non-hydrogen) atoms. The number of rotatable bonds is 5. The van der Waals surface area contributed by atoms with E-state index in [-0.39, 0.29) is 24.8 Å². The predicted octanol–water partition coefficient (Wildman–Crippen LogP) is 1.55. The number of carbonyl (C=O) groups excluding carboxylic acids is 1. The second-order valence-electron chi connectivity index (χ2n) is 5.66. The summed E-state index contributed by atoms with van der Waals surface area (Å²) in [5.74, 6) is -0.237. The maximum Gasteiger partial charge on any atom is 0.308 e. The lowest BCUT2D eigenvalue weighted by Crippen LogP contribution is -2.37. The molecule has 3 atom stereocenters. The predicted molar refractivity (Wildman–Crippen MR) is 70.7 cm³/mol. The van der Waals surface area contributed by atoms with Crippen LogP contribution in [0.25, 0.3) is 0 Å². The van der Waals surface area contributed by atoms with E-state index >= 15 is 0 Å². The summed E-state index contributed by atoms with van der Waals surface area (Å²) in [6, 6.07) is 1.11. The monoisotopic (exact) mass is 271 g/mol. The van der Waals surface area contributed by atoms with Crippen molar-refractivity contribution in [2.45, 2.75) is 64.0 Å². The summed E-state index contributed by atoms with van der Waals surface area (Å²) >= 11 is 0. The standard InChI is InChI=1S/C14H25NO4/c1-10(2)15-6-4-5-11(15)7-14-18-9-12(19-14)8-13(16)17-3/h10-12,14H,4-9H2,1-3H3. The van der Waals surface area contributed by atoms with Crippen molar-refractivity contribution in [3.63, 3.8) is 0 Å². The molecular weight excluding hydrogens is 246 g/mol. The number of ether oxygens (including phenoxy) is 3. The Bertz CT molecular complexity index is 308. The molecule has 0 amide bonds. The highest BCUT2D eigenvalue weighted by Gasteiger charge is 2.34. The Morgan fingerprint density at radius 1 is 1.47 bits per heavy atom. The first-order valence-corrected chi connectivity index (χ1v) is 7.19. The van der Waals surface area contributed by atoms with Gasteiger partial charge in [0.2, 0.25) is 0 Å². The van der Waals surface area contributed by atoms with E-state index in [0.717, 1.165) is 6.42 Å². The minimum atomic E-state index is -0.237. The highest BCUT2D eigenvalue weighted by Crippen LogP contribution is 2.27. The summed E-state index contributed by atoms with van der Waals surface area (Å²) in [5.41, 5.74) is 0. The van der Waals surface area contributed by atoms with Gasteiger partial charge in [-0.1, -0.05) is 0 Å².